The second-order valence-corrected chi connectivity index (χ2v) is 4.56. The zero-order valence-electron chi connectivity index (χ0n) is 15.8. The lowest BCUT2D eigenvalue weighted by atomic mass is 10.1. The molecule has 2 rings (SSSR count). The molecule has 0 amide bonds. The van der Waals surface area contributed by atoms with E-state index in [1.54, 1.807) is 0 Å². The van der Waals surface area contributed by atoms with Crippen molar-refractivity contribution in [2.45, 2.75) is 47.0 Å². The quantitative estimate of drug-likeness (QED) is 0.785. The number of rotatable bonds is 2. The van der Waals surface area contributed by atoms with Crippen LogP contribution in [0.25, 0.3) is 0 Å². The van der Waals surface area contributed by atoms with E-state index in [1.807, 2.05) is 0 Å². The zero-order chi connectivity index (χ0) is 18.3. The van der Waals surface area contributed by atoms with Crippen LogP contribution in [-0.4, -0.2) is 24.4 Å². The molecule has 0 saturated heterocycles. The van der Waals surface area contributed by atoms with Gasteiger partial charge in [0.2, 0.25) is 0 Å². The number of aliphatic hydroxyl groups is 2. The van der Waals surface area contributed by atoms with Gasteiger partial charge in [-0.05, 0) is 17.5 Å². The summed E-state index contributed by atoms with van der Waals surface area (Å²) in [4.78, 5) is 0. The Morgan fingerprint density at radius 2 is 0.739 bits per heavy atom. The second-order valence-electron chi connectivity index (χ2n) is 4.56. The molecule has 0 aliphatic carbocycles. The van der Waals surface area contributed by atoms with Crippen LogP contribution in [0.15, 0.2) is 60.7 Å². The van der Waals surface area contributed by atoms with Crippen molar-refractivity contribution in [2.75, 3.05) is 14.2 Å². The highest BCUT2D eigenvalue weighted by atomic mass is 16.2. The Morgan fingerprint density at radius 1 is 0.522 bits per heavy atom. The van der Waals surface area contributed by atoms with Crippen LogP contribution in [-0.2, 0) is 6.42 Å². The van der Waals surface area contributed by atoms with Crippen LogP contribution in [0.3, 0.4) is 0 Å². The highest BCUT2D eigenvalue weighted by Crippen LogP contribution is 2.07. The number of aliphatic hydroxyl groups excluding tert-OH is 2. The van der Waals surface area contributed by atoms with Gasteiger partial charge in [0.15, 0.2) is 0 Å². The minimum Gasteiger partial charge on any atom is -0.400 e. The highest BCUT2D eigenvalue weighted by Gasteiger charge is 1.92. The van der Waals surface area contributed by atoms with Gasteiger partial charge in [-0.25, -0.2) is 0 Å². The SMILES string of the molecule is CCC.CCC.CO.CO.c1ccc(Cc2ccccc2)cc1. The van der Waals surface area contributed by atoms with E-state index in [2.05, 4.69) is 88.4 Å². The van der Waals surface area contributed by atoms with Gasteiger partial charge in [0, 0.05) is 14.2 Å². The summed E-state index contributed by atoms with van der Waals surface area (Å²) in [5.41, 5.74) is 2.74. The van der Waals surface area contributed by atoms with Crippen molar-refractivity contribution in [1.29, 1.82) is 0 Å². The summed E-state index contributed by atoms with van der Waals surface area (Å²) in [6, 6.07) is 21.1. The molecular formula is C21H36O2. The van der Waals surface area contributed by atoms with Crippen molar-refractivity contribution in [2.24, 2.45) is 0 Å². The third-order valence-electron chi connectivity index (χ3n) is 2.09. The fourth-order valence-electron chi connectivity index (χ4n) is 1.43. The van der Waals surface area contributed by atoms with Gasteiger partial charge in [-0.15, -0.1) is 0 Å². The Labute approximate surface area is 143 Å². The van der Waals surface area contributed by atoms with Gasteiger partial charge in [0.1, 0.15) is 0 Å². The molecule has 0 bridgehead atoms. The van der Waals surface area contributed by atoms with Crippen LogP contribution in [0, 0.1) is 0 Å². The van der Waals surface area contributed by atoms with Gasteiger partial charge >= 0.3 is 0 Å². The summed E-state index contributed by atoms with van der Waals surface area (Å²) in [7, 11) is 2.00. The lowest BCUT2D eigenvalue weighted by Crippen LogP contribution is -1.85. The van der Waals surface area contributed by atoms with E-state index in [0.717, 1.165) is 20.6 Å². The van der Waals surface area contributed by atoms with Crippen LogP contribution >= 0.6 is 0 Å². The van der Waals surface area contributed by atoms with Crippen LogP contribution < -0.4 is 0 Å². The van der Waals surface area contributed by atoms with Crippen LogP contribution in [0.1, 0.15) is 51.7 Å². The van der Waals surface area contributed by atoms with Crippen LogP contribution in [0.4, 0.5) is 0 Å². The van der Waals surface area contributed by atoms with Gasteiger partial charge in [-0.3, -0.25) is 0 Å². The first-order valence-electron chi connectivity index (χ1n) is 8.25. The van der Waals surface area contributed by atoms with Gasteiger partial charge < -0.3 is 10.2 Å². The van der Waals surface area contributed by atoms with Crippen LogP contribution in [0.5, 0.6) is 0 Å². The molecule has 0 aliphatic heterocycles. The van der Waals surface area contributed by atoms with Crippen molar-refractivity contribution < 1.29 is 10.2 Å². The average Bonchev–Trinajstić information content (AvgIpc) is 2.62. The van der Waals surface area contributed by atoms with E-state index in [4.69, 9.17) is 10.2 Å². The molecule has 2 nitrogen and oxygen atoms in total. The third-order valence-corrected chi connectivity index (χ3v) is 2.09. The predicted octanol–water partition coefficient (Wildman–Crippen LogP) is 5.33. The summed E-state index contributed by atoms with van der Waals surface area (Å²) >= 11 is 0. The molecule has 0 unspecified atom stereocenters. The van der Waals surface area contributed by atoms with Crippen molar-refractivity contribution in [3.8, 4) is 0 Å². The number of hydrogen-bond donors (Lipinski definition) is 2. The minimum absolute atomic E-state index is 1.00. The highest BCUT2D eigenvalue weighted by molar-refractivity contribution is 5.25. The van der Waals surface area contributed by atoms with E-state index in [0.29, 0.717) is 0 Å². The molecule has 0 heterocycles. The van der Waals surface area contributed by atoms with Crippen molar-refractivity contribution in [1.82, 2.24) is 0 Å². The molecule has 0 fully saturated rings. The molecule has 0 atom stereocenters. The van der Waals surface area contributed by atoms with Gasteiger partial charge in [0.25, 0.3) is 0 Å². The zero-order valence-corrected chi connectivity index (χ0v) is 15.8. The molecule has 0 saturated carbocycles. The Kier molecular flexibility index (Phi) is 28.9. The molecule has 23 heavy (non-hydrogen) atoms. The Hall–Kier alpha value is -1.64. The van der Waals surface area contributed by atoms with Crippen molar-refractivity contribution in [3.63, 3.8) is 0 Å². The molecule has 0 radical (unpaired) electrons. The van der Waals surface area contributed by atoms with Gasteiger partial charge in [-0.2, -0.15) is 0 Å². The number of hydrogen-bond acceptors (Lipinski definition) is 2. The fraction of sp³-hybridized carbons (Fsp3) is 0.429. The van der Waals surface area contributed by atoms with E-state index in [-0.39, 0.29) is 0 Å². The normalized spacial score (nSPS) is 7.65. The first kappa shape index (κ1) is 26.3. The molecule has 0 spiro atoms. The summed E-state index contributed by atoms with van der Waals surface area (Å²) in [6.07, 6.45) is 3.53. The topological polar surface area (TPSA) is 40.5 Å². The lowest BCUT2D eigenvalue weighted by Gasteiger charge is -2.00. The maximum Gasteiger partial charge on any atom is 0.0319 e. The monoisotopic (exact) mass is 320 g/mol. The standard InChI is InChI=1S/C13H12.2C3H8.2CH4O/c1-3-7-12(8-4-1)11-13-9-5-2-6-10-13;2*1-3-2;2*1-2/h1-10H,11H2;2*3H2,1-2H3;2*2H,1H3. The molecule has 0 aliphatic rings. The van der Waals surface area contributed by atoms with Crippen molar-refractivity contribution >= 4 is 0 Å². The van der Waals surface area contributed by atoms with E-state index >= 15 is 0 Å². The number of benzene rings is 2. The average molecular weight is 321 g/mol. The molecular weight excluding hydrogens is 284 g/mol. The lowest BCUT2D eigenvalue weighted by molar-refractivity contribution is 0.399. The molecule has 2 N–H and O–H groups in total. The molecule has 132 valence electrons. The Morgan fingerprint density at radius 3 is 0.957 bits per heavy atom. The maximum absolute atomic E-state index is 7.00. The summed E-state index contributed by atoms with van der Waals surface area (Å²) in [6.45, 7) is 8.50. The predicted molar refractivity (Wildman–Crippen MR) is 104 cm³/mol. The second kappa shape index (κ2) is 25.3. The summed E-state index contributed by atoms with van der Waals surface area (Å²) < 4.78 is 0. The summed E-state index contributed by atoms with van der Waals surface area (Å²) in [5, 5.41) is 14.0. The third kappa shape index (κ3) is 20.4. The Bertz CT molecular complexity index is 346. The molecule has 2 aromatic rings. The van der Waals surface area contributed by atoms with Crippen molar-refractivity contribution in [3.05, 3.63) is 71.8 Å². The van der Waals surface area contributed by atoms with E-state index < -0.39 is 0 Å². The molecule has 2 heteroatoms. The minimum atomic E-state index is 1.00. The molecule has 0 aromatic heterocycles. The fourth-order valence-corrected chi connectivity index (χ4v) is 1.43. The van der Waals surface area contributed by atoms with Crippen LogP contribution in [0.2, 0.25) is 0 Å². The largest absolute Gasteiger partial charge is 0.400 e. The van der Waals surface area contributed by atoms with E-state index in [9.17, 15) is 0 Å². The van der Waals surface area contributed by atoms with Gasteiger partial charge in [0.05, 0.1) is 0 Å². The Balaban J connectivity index is -0.000000339. The van der Waals surface area contributed by atoms with E-state index in [1.165, 1.54) is 24.0 Å². The first-order valence-corrected chi connectivity index (χ1v) is 8.25. The first-order chi connectivity index (χ1) is 11.3. The van der Waals surface area contributed by atoms with Gasteiger partial charge in [-0.1, -0.05) is 101 Å². The maximum atomic E-state index is 7.00. The summed E-state index contributed by atoms with van der Waals surface area (Å²) in [5.74, 6) is 0. The molecule has 2 aromatic carbocycles. The smallest absolute Gasteiger partial charge is 0.0319 e.